The second-order valence-corrected chi connectivity index (χ2v) is 5.75. The quantitative estimate of drug-likeness (QED) is 0.354. The zero-order valence-electron chi connectivity index (χ0n) is 9.69. The predicted octanol–water partition coefficient (Wildman–Crippen LogP) is 1.47. The van der Waals surface area contributed by atoms with Gasteiger partial charge in [0.05, 0.1) is 9.68 Å². The first-order valence-electron chi connectivity index (χ1n) is 5.67. The van der Waals surface area contributed by atoms with Crippen LogP contribution in [0.25, 0.3) is 0 Å². The Bertz CT molecular complexity index is 109. The van der Waals surface area contributed by atoms with Crippen LogP contribution in [-0.2, 0) is 0 Å². The summed E-state index contributed by atoms with van der Waals surface area (Å²) in [5.74, 6) is 0.908. The Labute approximate surface area is 85.8 Å². The van der Waals surface area contributed by atoms with Crippen LogP contribution in [0, 0.1) is 5.92 Å². The largest absolute Gasteiger partial charge is 0.330 e. The lowest BCUT2D eigenvalue weighted by atomic mass is 10.0. The van der Waals surface area contributed by atoms with Crippen molar-refractivity contribution in [1.29, 1.82) is 0 Å². The van der Waals surface area contributed by atoms with Crippen LogP contribution in [-0.4, -0.2) is 22.9 Å². The third-order valence-corrected chi connectivity index (χ3v) is 5.32. The second kappa shape index (κ2) is 8.72. The molecular weight excluding hydrogens is 176 g/mol. The van der Waals surface area contributed by atoms with Gasteiger partial charge in [-0.25, -0.2) is 0 Å². The molecular formula is C10H26N2Si. The van der Waals surface area contributed by atoms with Gasteiger partial charge in [-0.1, -0.05) is 40.5 Å². The van der Waals surface area contributed by atoms with E-state index in [1.165, 1.54) is 12.8 Å². The van der Waals surface area contributed by atoms with Gasteiger partial charge in [-0.2, -0.15) is 0 Å². The van der Waals surface area contributed by atoms with E-state index >= 15 is 0 Å². The highest BCUT2D eigenvalue weighted by atomic mass is 28.2. The van der Waals surface area contributed by atoms with Gasteiger partial charge in [-0.15, -0.1) is 0 Å². The van der Waals surface area contributed by atoms with E-state index in [0.717, 1.165) is 24.7 Å². The molecule has 0 amide bonds. The van der Waals surface area contributed by atoms with E-state index in [1.807, 2.05) is 0 Å². The number of nitrogens with one attached hydrogen (secondary N) is 2. The second-order valence-electron chi connectivity index (χ2n) is 3.79. The maximum atomic E-state index is 3.58. The SMILES string of the molecule is CCNCN[SiH2]C(CC)C(C)CC. The van der Waals surface area contributed by atoms with E-state index in [0.29, 0.717) is 0 Å². The Morgan fingerprint density at radius 3 is 2.31 bits per heavy atom. The van der Waals surface area contributed by atoms with Crippen molar-refractivity contribution in [2.75, 3.05) is 13.2 Å². The van der Waals surface area contributed by atoms with E-state index in [1.54, 1.807) is 0 Å². The van der Waals surface area contributed by atoms with Crippen molar-refractivity contribution in [3.8, 4) is 0 Å². The first-order chi connectivity index (χ1) is 6.26. The van der Waals surface area contributed by atoms with Crippen molar-refractivity contribution in [2.24, 2.45) is 5.92 Å². The minimum absolute atomic E-state index is 0.0660. The lowest BCUT2D eigenvalue weighted by Gasteiger charge is -2.21. The summed E-state index contributed by atoms with van der Waals surface area (Å²) in [7, 11) is -0.0660. The minimum Gasteiger partial charge on any atom is -0.330 e. The standard InChI is InChI=1S/C10H26N2Si/c1-5-9(4)10(6-2)13-12-8-11-7-3/h9-12H,5-8,13H2,1-4H3. The molecule has 0 fully saturated rings. The molecule has 0 saturated heterocycles. The van der Waals surface area contributed by atoms with Crippen LogP contribution in [0.1, 0.15) is 40.5 Å². The zero-order valence-corrected chi connectivity index (χ0v) is 11.1. The summed E-state index contributed by atoms with van der Waals surface area (Å²) >= 11 is 0. The zero-order chi connectivity index (χ0) is 10.1. The molecule has 3 heteroatoms. The summed E-state index contributed by atoms with van der Waals surface area (Å²) in [5.41, 5.74) is 0.976. The van der Waals surface area contributed by atoms with Crippen molar-refractivity contribution in [3.63, 3.8) is 0 Å². The molecule has 0 aromatic carbocycles. The van der Waals surface area contributed by atoms with Crippen LogP contribution in [0.15, 0.2) is 0 Å². The van der Waals surface area contributed by atoms with Crippen molar-refractivity contribution in [3.05, 3.63) is 0 Å². The predicted molar refractivity (Wildman–Crippen MR) is 63.7 cm³/mol. The number of rotatable bonds is 8. The molecule has 0 aliphatic heterocycles. The topological polar surface area (TPSA) is 24.1 Å². The molecule has 0 radical (unpaired) electrons. The molecule has 80 valence electrons. The molecule has 2 atom stereocenters. The summed E-state index contributed by atoms with van der Waals surface area (Å²) in [5, 5.41) is 3.31. The van der Waals surface area contributed by atoms with E-state index < -0.39 is 0 Å². The molecule has 0 aromatic heterocycles. The average molecular weight is 202 g/mol. The van der Waals surface area contributed by atoms with Crippen molar-refractivity contribution >= 4 is 9.68 Å². The molecule has 0 saturated carbocycles. The highest BCUT2D eigenvalue weighted by Crippen LogP contribution is 2.22. The first kappa shape index (κ1) is 13.1. The molecule has 0 bridgehead atoms. The van der Waals surface area contributed by atoms with Gasteiger partial charge in [0.15, 0.2) is 0 Å². The maximum Gasteiger partial charge on any atom is 0.0963 e. The van der Waals surface area contributed by atoms with Gasteiger partial charge in [-0.05, 0) is 18.0 Å². The number of hydrogen-bond donors (Lipinski definition) is 2. The van der Waals surface area contributed by atoms with Gasteiger partial charge in [-0.3, -0.25) is 0 Å². The van der Waals surface area contributed by atoms with E-state index in [-0.39, 0.29) is 9.68 Å². The fourth-order valence-electron chi connectivity index (χ4n) is 1.55. The highest BCUT2D eigenvalue weighted by molar-refractivity contribution is 6.34. The molecule has 0 rings (SSSR count). The molecule has 13 heavy (non-hydrogen) atoms. The van der Waals surface area contributed by atoms with Crippen LogP contribution in [0.4, 0.5) is 0 Å². The normalized spacial score (nSPS) is 16.6. The Kier molecular flexibility index (Phi) is 8.81. The Balaban J connectivity index is 3.47. The molecule has 2 unspecified atom stereocenters. The average Bonchev–Trinajstić information content (AvgIpc) is 2.17. The van der Waals surface area contributed by atoms with E-state index in [9.17, 15) is 0 Å². The fourth-order valence-corrected chi connectivity index (χ4v) is 3.27. The molecule has 0 spiro atoms. The van der Waals surface area contributed by atoms with Crippen LogP contribution >= 0.6 is 0 Å². The van der Waals surface area contributed by atoms with Crippen molar-refractivity contribution in [2.45, 2.75) is 46.1 Å². The molecule has 0 aliphatic carbocycles. The molecule has 2 nitrogen and oxygen atoms in total. The van der Waals surface area contributed by atoms with Crippen LogP contribution in [0.5, 0.6) is 0 Å². The highest BCUT2D eigenvalue weighted by Gasteiger charge is 2.13. The van der Waals surface area contributed by atoms with Gasteiger partial charge >= 0.3 is 0 Å². The Morgan fingerprint density at radius 1 is 1.15 bits per heavy atom. The number of hydrogen-bond acceptors (Lipinski definition) is 2. The van der Waals surface area contributed by atoms with E-state index in [4.69, 9.17) is 0 Å². The smallest absolute Gasteiger partial charge is 0.0963 e. The molecule has 0 aromatic rings. The van der Waals surface area contributed by atoms with Crippen LogP contribution in [0.3, 0.4) is 0 Å². The third-order valence-electron chi connectivity index (χ3n) is 2.88. The first-order valence-corrected chi connectivity index (χ1v) is 7.19. The summed E-state index contributed by atoms with van der Waals surface area (Å²) in [4.78, 5) is 3.58. The van der Waals surface area contributed by atoms with Gasteiger partial charge in [0, 0.05) is 6.67 Å². The monoisotopic (exact) mass is 202 g/mol. The van der Waals surface area contributed by atoms with Gasteiger partial charge in [0.1, 0.15) is 0 Å². The van der Waals surface area contributed by atoms with Crippen molar-refractivity contribution in [1.82, 2.24) is 10.3 Å². The van der Waals surface area contributed by atoms with Gasteiger partial charge < -0.3 is 10.3 Å². The van der Waals surface area contributed by atoms with Gasteiger partial charge in [0.2, 0.25) is 0 Å². The Hall–Kier alpha value is 0.137. The lowest BCUT2D eigenvalue weighted by molar-refractivity contribution is 0.499. The maximum absolute atomic E-state index is 3.58. The summed E-state index contributed by atoms with van der Waals surface area (Å²) in [6.07, 6.45) is 2.68. The van der Waals surface area contributed by atoms with Crippen LogP contribution < -0.4 is 10.3 Å². The third kappa shape index (κ3) is 6.24. The summed E-state index contributed by atoms with van der Waals surface area (Å²) in [6, 6.07) is 0. The summed E-state index contributed by atoms with van der Waals surface area (Å²) in [6.45, 7) is 11.2. The molecule has 2 N–H and O–H groups in total. The summed E-state index contributed by atoms with van der Waals surface area (Å²) < 4.78 is 0. The Morgan fingerprint density at radius 2 is 1.85 bits per heavy atom. The van der Waals surface area contributed by atoms with Crippen molar-refractivity contribution < 1.29 is 0 Å². The van der Waals surface area contributed by atoms with E-state index in [2.05, 4.69) is 38.0 Å². The van der Waals surface area contributed by atoms with Crippen LogP contribution in [0.2, 0.25) is 5.54 Å². The molecule has 0 heterocycles. The van der Waals surface area contributed by atoms with Gasteiger partial charge in [0.25, 0.3) is 0 Å². The molecule has 0 aliphatic rings. The lowest BCUT2D eigenvalue weighted by Crippen LogP contribution is -2.34. The minimum atomic E-state index is -0.0660. The fraction of sp³-hybridized carbons (Fsp3) is 1.00.